The van der Waals surface area contributed by atoms with Crippen LogP contribution in [0, 0.1) is 11.8 Å². The molecule has 1 atom stereocenters. The van der Waals surface area contributed by atoms with Crippen LogP contribution < -0.4 is 5.32 Å². The number of rotatable bonds is 9. The molecule has 0 spiro atoms. The highest BCUT2D eigenvalue weighted by molar-refractivity contribution is 4.63. The zero-order valence-corrected chi connectivity index (χ0v) is 10.9. The molecule has 0 aliphatic heterocycles. The van der Waals surface area contributed by atoms with E-state index in [1.165, 1.54) is 0 Å². The Bertz CT molecular complexity index is 183. The van der Waals surface area contributed by atoms with Gasteiger partial charge in [0, 0.05) is 6.61 Å². The summed E-state index contributed by atoms with van der Waals surface area (Å²) in [5.41, 5.74) is 0. The summed E-state index contributed by atoms with van der Waals surface area (Å²) >= 11 is 0. The Balaban J connectivity index is 3.60. The molecular formula is C12H24F3NO. The van der Waals surface area contributed by atoms with E-state index in [2.05, 4.69) is 23.9 Å². The lowest BCUT2D eigenvalue weighted by atomic mass is 9.93. The molecule has 0 aromatic heterocycles. The molecule has 0 saturated heterocycles. The second kappa shape index (κ2) is 8.75. The van der Waals surface area contributed by atoms with Gasteiger partial charge >= 0.3 is 6.18 Å². The van der Waals surface area contributed by atoms with Crippen LogP contribution in [0.5, 0.6) is 0 Å². The van der Waals surface area contributed by atoms with Crippen LogP contribution in [-0.4, -0.2) is 33.0 Å². The molecule has 5 heteroatoms. The van der Waals surface area contributed by atoms with E-state index in [-0.39, 0.29) is 6.61 Å². The normalized spacial score (nSPS) is 14.3. The summed E-state index contributed by atoms with van der Waals surface area (Å²) in [4.78, 5) is 0. The first kappa shape index (κ1) is 16.7. The van der Waals surface area contributed by atoms with Crippen molar-refractivity contribution < 1.29 is 17.9 Å². The molecule has 0 heterocycles. The lowest BCUT2D eigenvalue weighted by molar-refractivity contribution is -0.174. The molecule has 17 heavy (non-hydrogen) atoms. The molecule has 0 aromatic carbocycles. The number of nitrogens with one attached hydrogen (secondary N) is 1. The van der Waals surface area contributed by atoms with Crippen molar-refractivity contribution >= 4 is 0 Å². The molecule has 0 rings (SSSR count). The van der Waals surface area contributed by atoms with Crippen molar-refractivity contribution in [2.75, 3.05) is 26.8 Å². The summed E-state index contributed by atoms with van der Waals surface area (Å²) in [6.07, 6.45) is -1.51. The van der Waals surface area contributed by atoms with Crippen LogP contribution in [0.3, 0.4) is 0 Å². The van der Waals surface area contributed by atoms with E-state index >= 15 is 0 Å². The highest BCUT2D eigenvalue weighted by Crippen LogP contribution is 2.18. The number of alkyl halides is 3. The van der Waals surface area contributed by atoms with Crippen LogP contribution in [0.1, 0.15) is 33.1 Å². The number of hydrogen-bond acceptors (Lipinski definition) is 2. The van der Waals surface area contributed by atoms with E-state index in [4.69, 9.17) is 0 Å². The van der Waals surface area contributed by atoms with E-state index in [1.54, 1.807) is 0 Å². The third-order valence-electron chi connectivity index (χ3n) is 2.46. The molecule has 0 aromatic rings. The van der Waals surface area contributed by atoms with Gasteiger partial charge in [0.25, 0.3) is 0 Å². The Labute approximate surface area is 102 Å². The fraction of sp³-hybridized carbons (Fsp3) is 1.00. The number of ether oxygens (including phenoxy) is 1. The molecule has 0 bridgehead atoms. The first-order valence-corrected chi connectivity index (χ1v) is 6.14. The van der Waals surface area contributed by atoms with E-state index in [9.17, 15) is 13.2 Å². The van der Waals surface area contributed by atoms with Crippen molar-refractivity contribution in [2.24, 2.45) is 11.8 Å². The van der Waals surface area contributed by atoms with Gasteiger partial charge in [0.2, 0.25) is 0 Å². The summed E-state index contributed by atoms with van der Waals surface area (Å²) in [6, 6.07) is 0. The smallest absolute Gasteiger partial charge is 0.372 e. The van der Waals surface area contributed by atoms with E-state index < -0.39 is 12.8 Å². The first-order chi connectivity index (χ1) is 7.85. The number of halogens is 3. The lowest BCUT2D eigenvalue weighted by Gasteiger charge is -2.18. The van der Waals surface area contributed by atoms with Crippen molar-refractivity contribution in [2.45, 2.75) is 39.3 Å². The molecule has 0 radical (unpaired) electrons. The van der Waals surface area contributed by atoms with Gasteiger partial charge in [-0.05, 0) is 44.7 Å². The Morgan fingerprint density at radius 2 is 1.88 bits per heavy atom. The number of hydrogen-bond donors (Lipinski definition) is 1. The first-order valence-electron chi connectivity index (χ1n) is 6.14. The Kier molecular flexibility index (Phi) is 8.60. The van der Waals surface area contributed by atoms with Gasteiger partial charge in [0.15, 0.2) is 0 Å². The fourth-order valence-corrected chi connectivity index (χ4v) is 1.92. The third kappa shape index (κ3) is 12.0. The van der Waals surface area contributed by atoms with Gasteiger partial charge < -0.3 is 10.1 Å². The van der Waals surface area contributed by atoms with Gasteiger partial charge in [-0.3, -0.25) is 0 Å². The largest absolute Gasteiger partial charge is 0.411 e. The third-order valence-corrected chi connectivity index (χ3v) is 2.46. The maximum absolute atomic E-state index is 11.8. The van der Waals surface area contributed by atoms with Crippen molar-refractivity contribution in [3.05, 3.63) is 0 Å². The van der Waals surface area contributed by atoms with E-state index in [0.717, 1.165) is 19.4 Å². The van der Waals surface area contributed by atoms with Crippen molar-refractivity contribution in [3.63, 3.8) is 0 Å². The van der Waals surface area contributed by atoms with E-state index in [0.29, 0.717) is 18.3 Å². The topological polar surface area (TPSA) is 21.3 Å². The van der Waals surface area contributed by atoms with Gasteiger partial charge in [-0.2, -0.15) is 13.2 Å². The summed E-state index contributed by atoms with van der Waals surface area (Å²) < 4.78 is 40.0. The van der Waals surface area contributed by atoms with Crippen LogP contribution in [0.15, 0.2) is 0 Å². The van der Waals surface area contributed by atoms with Crippen LogP contribution in [0.4, 0.5) is 13.2 Å². The highest BCUT2D eigenvalue weighted by atomic mass is 19.4. The molecule has 0 saturated carbocycles. The lowest BCUT2D eigenvalue weighted by Crippen LogP contribution is -2.21. The fourth-order valence-electron chi connectivity index (χ4n) is 1.92. The summed E-state index contributed by atoms with van der Waals surface area (Å²) in [6.45, 7) is 4.29. The molecule has 0 aliphatic rings. The van der Waals surface area contributed by atoms with Gasteiger partial charge in [0.05, 0.1) is 0 Å². The SMILES string of the molecule is CNCC(CCCOCC(F)(F)F)CC(C)C. The minimum absolute atomic E-state index is 0.192. The average molecular weight is 255 g/mol. The standard InChI is InChI=1S/C12H24F3NO/c1-10(2)7-11(8-16-3)5-4-6-17-9-12(13,14)15/h10-11,16H,4-9H2,1-3H3. The maximum Gasteiger partial charge on any atom is 0.411 e. The van der Waals surface area contributed by atoms with Crippen LogP contribution >= 0.6 is 0 Å². The maximum atomic E-state index is 11.8. The minimum atomic E-state index is -4.21. The summed E-state index contributed by atoms with van der Waals surface area (Å²) in [5.74, 6) is 1.14. The monoisotopic (exact) mass is 255 g/mol. The second-order valence-corrected chi connectivity index (χ2v) is 4.86. The van der Waals surface area contributed by atoms with Crippen LogP contribution in [0.25, 0.3) is 0 Å². The predicted molar refractivity (Wildman–Crippen MR) is 63.0 cm³/mol. The molecule has 1 N–H and O–H groups in total. The molecule has 2 nitrogen and oxygen atoms in total. The Morgan fingerprint density at radius 3 is 2.35 bits per heavy atom. The molecule has 0 amide bonds. The van der Waals surface area contributed by atoms with Gasteiger partial charge in [-0.15, -0.1) is 0 Å². The van der Waals surface area contributed by atoms with Crippen LogP contribution in [0.2, 0.25) is 0 Å². The Hall–Kier alpha value is -0.290. The molecule has 1 unspecified atom stereocenters. The molecule has 0 fully saturated rings. The van der Waals surface area contributed by atoms with Crippen molar-refractivity contribution in [1.29, 1.82) is 0 Å². The van der Waals surface area contributed by atoms with Crippen molar-refractivity contribution in [1.82, 2.24) is 5.32 Å². The second-order valence-electron chi connectivity index (χ2n) is 4.86. The van der Waals surface area contributed by atoms with Gasteiger partial charge in [-0.25, -0.2) is 0 Å². The summed E-state index contributed by atoms with van der Waals surface area (Å²) in [5, 5.41) is 3.12. The van der Waals surface area contributed by atoms with E-state index in [1.807, 2.05) is 7.05 Å². The van der Waals surface area contributed by atoms with Gasteiger partial charge in [0.1, 0.15) is 6.61 Å². The van der Waals surface area contributed by atoms with Crippen molar-refractivity contribution in [3.8, 4) is 0 Å². The minimum Gasteiger partial charge on any atom is -0.372 e. The zero-order valence-electron chi connectivity index (χ0n) is 10.9. The quantitative estimate of drug-likeness (QED) is 0.639. The van der Waals surface area contributed by atoms with Crippen LogP contribution in [-0.2, 0) is 4.74 Å². The summed E-state index contributed by atoms with van der Waals surface area (Å²) in [7, 11) is 1.90. The molecular weight excluding hydrogens is 231 g/mol. The predicted octanol–water partition coefficient (Wildman–Crippen LogP) is 3.23. The molecule has 104 valence electrons. The van der Waals surface area contributed by atoms with Gasteiger partial charge in [-0.1, -0.05) is 13.8 Å². The molecule has 0 aliphatic carbocycles. The zero-order chi connectivity index (χ0) is 13.3. The Morgan fingerprint density at radius 1 is 1.24 bits per heavy atom. The average Bonchev–Trinajstić information content (AvgIpc) is 2.14. The highest BCUT2D eigenvalue weighted by Gasteiger charge is 2.27.